The van der Waals surface area contributed by atoms with Crippen molar-refractivity contribution in [2.75, 3.05) is 0 Å². The lowest BCUT2D eigenvalue weighted by atomic mass is 9.90. The Kier molecular flexibility index (Phi) is 2.96. The van der Waals surface area contributed by atoms with Gasteiger partial charge in [0.25, 0.3) is 0 Å². The first kappa shape index (κ1) is 11.8. The summed E-state index contributed by atoms with van der Waals surface area (Å²) in [5, 5.41) is 18.9. The van der Waals surface area contributed by atoms with Crippen LogP contribution in [-0.2, 0) is 0 Å². The van der Waals surface area contributed by atoms with Gasteiger partial charge in [0.05, 0.1) is 0 Å². The summed E-state index contributed by atoms with van der Waals surface area (Å²) >= 11 is 0. The van der Waals surface area contributed by atoms with Crippen LogP contribution in [0.4, 0.5) is 0 Å². The van der Waals surface area contributed by atoms with Gasteiger partial charge in [0.1, 0.15) is 0 Å². The van der Waals surface area contributed by atoms with Gasteiger partial charge in [0, 0.05) is 17.6 Å². The van der Waals surface area contributed by atoms with Crippen LogP contribution in [0.5, 0.6) is 0 Å². The van der Waals surface area contributed by atoms with Crippen LogP contribution in [-0.4, -0.2) is 21.8 Å². The summed E-state index contributed by atoms with van der Waals surface area (Å²) in [5.74, 6) is -1.92. The molecule has 0 saturated carbocycles. The second kappa shape index (κ2) is 4.28. The molecular weight excluding hydrogens is 216 g/mol. The molecule has 0 heterocycles. The number of benzene rings is 1. The summed E-state index contributed by atoms with van der Waals surface area (Å²) in [7, 11) is 0. The Morgan fingerprint density at radius 3 is 2.47 bits per heavy atom. The fourth-order valence-electron chi connectivity index (χ4n) is 1.92. The van der Waals surface area contributed by atoms with Gasteiger partial charge in [-0.05, 0) is 19.1 Å². The third-order valence-corrected chi connectivity index (χ3v) is 2.78. The fraction of sp³-hybridized carbons (Fsp3) is 0.214. The molecule has 0 spiro atoms. The SMILES string of the molecule is CC1=C(C(=O)c2ccccc2)C=CC(O)(O)C1. The van der Waals surface area contributed by atoms with Gasteiger partial charge in [-0.3, -0.25) is 4.79 Å². The standard InChI is InChI=1S/C14H14O3/c1-10-9-14(16,17)8-7-12(10)13(15)11-5-3-2-4-6-11/h2-8,16-17H,9H2,1H3. The molecule has 1 aliphatic carbocycles. The van der Waals surface area contributed by atoms with E-state index < -0.39 is 5.79 Å². The summed E-state index contributed by atoms with van der Waals surface area (Å²) in [6.45, 7) is 1.74. The number of rotatable bonds is 2. The Hall–Kier alpha value is -1.71. The minimum atomic E-state index is -1.83. The first-order valence-corrected chi connectivity index (χ1v) is 5.43. The van der Waals surface area contributed by atoms with Crippen molar-refractivity contribution in [3.63, 3.8) is 0 Å². The number of hydrogen-bond acceptors (Lipinski definition) is 3. The fourth-order valence-corrected chi connectivity index (χ4v) is 1.92. The Balaban J connectivity index is 2.31. The number of allylic oxidation sites excluding steroid dienone is 2. The zero-order chi connectivity index (χ0) is 12.5. The third kappa shape index (κ3) is 2.52. The van der Waals surface area contributed by atoms with Crippen LogP contribution in [0.1, 0.15) is 23.7 Å². The van der Waals surface area contributed by atoms with Gasteiger partial charge in [-0.2, -0.15) is 0 Å². The molecule has 1 aliphatic rings. The summed E-state index contributed by atoms with van der Waals surface area (Å²) in [4.78, 5) is 12.1. The number of ketones is 1. The van der Waals surface area contributed by atoms with Gasteiger partial charge in [-0.15, -0.1) is 0 Å². The van der Waals surface area contributed by atoms with Gasteiger partial charge in [-0.1, -0.05) is 35.9 Å². The van der Waals surface area contributed by atoms with Crippen LogP contribution >= 0.6 is 0 Å². The molecule has 0 bridgehead atoms. The van der Waals surface area contributed by atoms with Crippen LogP contribution in [0.3, 0.4) is 0 Å². The largest absolute Gasteiger partial charge is 0.362 e. The van der Waals surface area contributed by atoms with Crippen molar-refractivity contribution >= 4 is 5.78 Å². The average molecular weight is 230 g/mol. The summed E-state index contributed by atoms with van der Waals surface area (Å²) < 4.78 is 0. The molecule has 0 unspecified atom stereocenters. The zero-order valence-corrected chi connectivity index (χ0v) is 9.55. The highest BCUT2D eigenvalue weighted by molar-refractivity contribution is 6.11. The Morgan fingerprint density at radius 1 is 1.24 bits per heavy atom. The molecule has 0 radical (unpaired) electrons. The maximum atomic E-state index is 12.1. The van der Waals surface area contributed by atoms with E-state index in [9.17, 15) is 15.0 Å². The van der Waals surface area contributed by atoms with E-state index in [1.165, 1.54) is 12.2 Å². The van der Waals surface area contributed by atoms with Gasteiger partial charge < -0.3 is 10.2 Å². The minimum absolute atomic E-state index is 0.0669. The molecule has 0 fully saturated rings. The van der Waals surface area contributed by atoms with Crippen molar-refractivity contribution in [3.8, 4) is 0 Å². The molecule has 3 heteroatoms. The summed E-state index contributed by atoms with van der Waals surface area (Å²) in [6.07, 6.45) is 2.79. The molecule has 88 valence electrons. The molecule has 2 rings (SSSR count). The maximum absolute atomic E-state index is 12.1. The Morgan fingerprint density at radius 2 is 1.88 bits per heavy atom. The van der Waals surface area contributed by atoms with E-state index in [4.69, 9.17) is 0 Å². The van der Waals surface area contributed by atoms with E-state index >= 15 is 0 Å². The second-order valence-electron chi connectivity index (χ2n) is 4.28. The highest BCUT2D eigenvalue weighted by atomic mass is 16.5. The van der Waals surface area contributed by atoms with Gasteiger partial charge in [-0.25, -0.2) is 0 Å². The highest BCUT2D eigenvalue weighted by Crippen LogP contribution is 2.26. The lowest BCUT2D eigenvalue weighted by Gasteiger charge is -2.23. The topological polar surface area (TPSA) is 57.5 Å². The number of Topliss-reactive ketones (excluding diaryl/α,β-unsaturated/α-hetero) is 1. The van der Waals surface area contributed by atoms with Crippen molar-refractivity contribution in [2.24, 2.45) is 0 Å². The minimum Gasteiger partial charge on any atom is -0.362 e. The second-order valence-corrected chi connectivity index (χ2v) is 4.28. The average Bonchev–Trinajstić information content (AvgIpc) is 2.28. The molecule has 1 aromatic rings. The van der Waals surface area contributed by atoms with E-state index in [1.807, 2.05) is 6.07 Å². The van der Waals surface area contributed by atoms with Gasteiger partial charge >= 0.3 is 0 Å². The molecule has 0 aromatic heterocycles. The van der Waals surface area contributed by atoms with Crippen molar-refractivity contribution < 1.29 is 15.0 Å². The number of carbonyl (C=O) groups excluding carboxylic acids is 1. The quantitative estimate of drug-likeness (QED) is 0.602. The van der Waals surface area contributed by atoms with Crippen molar-refractivity contribution in [1.82, 2.24) is 0 Å². The van der Waals surface area contributed by atoms with E-state index in [1.54, 1.807) is 31.2 Å². The monoisotopic (exact) mass is 230 g/mol. The van der Waals surface area contributed by atoms with Gasteiger partial charge in [0.15, 0.2) is 11.6 Å². The van der Waals surface area contributed by atoms with Crippen LogP contribution in [0.2, 0.25) is 0 Å². The number of carbonyl (C=O) groups is 1. The van der Waals surface area contributed by atoms with E-state index in [-0.39, 0.29) is 12.2 Å². The molecule has 0 saturated heterocycles. The van der Waals surface area contributed by atoms with Crippen LogP contribution in [0.25, 0.3) is 0 Å². The third-order valence-electron chi connectivity index (χ3n) is 2.78. The normalized spacial score (nSPS) is 18.3. The molecule has 0 aliphatic heterocycles. The van der Waals surface area contributed by atoms with Crippen molar-refractivity contribution in [3.05, 3.63) is 59.2 Å². The van der Waals surface area contributed by atoms with Crippen LogP contribution in [0, 0.1) is 0 Å². The molecule has 0 amide bonds. The molecule has 0 atom stereocenters. The number of aliphatic hydroxyl groups is 2. The van der Waals surface area contributed by atoms with Crippen molar-refractivity contribution in [1.29, 1.82) is 0 Å². The Labute approximate surface area is 99.7 Å². The van der Waals surface area contributed by atoms with E-state index in [0.29, 0.717) is 16.7 Å². The van der Waals surface area contributed by atoms with Crippen LogP contribution in [0.15, 0.2) is 53.6 Å². The first-order valence-electron chi connectivity index (χ1n) is 5.43. The Bertz CT molecular complexity index is 495. The molecule has 3 nitrogen and oxygen atoms in total. The number of hydrogen-bond donors (Lipinski definition) is 2. The predicted molar refractivity (Wildman–Crippen MR) is 64.4 cm³/mol. The van der Waals surface area contributed by atoms with E-state index in [2.05, 4.69) is 0 Å². The lowest BCUT2D eigenvalue weighted by Crippen LogP contribution is -2.28. The first-order chi connectivity index (χ1) is 7.99. The van der Waals surface area contributed by atoms with Gasteiger partial charge in [0.2, 0.25) is 0 Å². The molecule has 17 heavy (non-hydrogen) atoms. The van der Waals surface area contributed by atoms with Crippen molar-refractivity contribution in [2.45, 2.75) is 19.1 Å². The zero-order valence-electron chi connectivity index (χ0n) is 9.55. The lowest BCUT2D eigenvalue weighted by molar-refractivity contribution is -0.117. The molecular formula is C14H14O3. The predicted octanol–water partition coefficient (Wildman–Crippen LogP) is 1.83. The molecule has 1 aromatic carbocycles. The smallest absolute Gasteiger partial charge is 0.192 e. The maximum Gasteiger partial charge on any atom is 0.192 e. The molecule has 2 N–H and O–H groups in total. The summed E-state index contributed by atoms with van der Waals surface area (Å²) in [5.41, 5.74) is 1.83. The summed E-state index contributed by atoms with van der Waals surface area (Å²) in [6, 6.07) is 8.95. The highest BCUT2D eigenvalue weighted by Gasteiger charge is 2.27. The van der Waals surface area contributed by atoms with E-state index in [0.717, 1.165) is 0 Å². The van der Waals surface area contributed by atoms with Crippen LogP contribution < -0.4 is 0 Å².